The van der Waals surface area contributed by atoms with Gasteiger partial charge in [-0.3, -0.25) is 9.89 Å². The van der Waals surface area contributed by atoms with Gasteiger partial charge in [0.2, 0.25) is 0 Å². The van der Waals surface area contributed by atoms with E-state index in [0.717, 1.165) is 26.2 Å². The van der Waals surface area contributed by atoms with Crippen LogP contribution >= 0.6 is 24.0 Å². The van der Waals surface area contributed by atoms with Crippen molar-refractivity contribution in [3.63, 3.8) is 0 Å². The quantitative estimate of drug-likeness (QED) is 0.395. The number of hydrogen-bond acceptors (Lipinski definition) is 3. The molecule has 0 spiro atoms. The lowest BCUT2D eigenvalue weighted by atomic mass is 10.1. The van der Waals surface area contributed by atoms with E-state index in [0.29, 0.717) is 17.9 Å². The molecule has 2 aliphatic rings. The third-order valence-corrected chi connectivity index (χ3v) is 4.76. The predicted octanol–water partition coefficient (Wildman–Crippen LogP) is 1.33. The van der Waals surface area contributed by atoms with Gasteiger partial charge in [0.05, 0.1) is 0 Å². The van der Waals surface area contributed by atoms with Crippen molar-refractivity contribution in [2.45, 2.75) is 39.2 Å². The predicted molar refractivity (Wildman–Crippen MR) is 100 cm³/mol. The van der Waals surface area contributed by atoms with Crippen LogP contribution in [0.4, 0.5) is 0 Å². The SMILES string of the molecule is CCN1CCC(CN=C(N)NCC2CCCN2CC)C1.I. The maximum atomic E-state index is 5.99. The van der Waals surface area contributed by atoms with Gasteiger partial charge in [-0.2, -0.15) is 0 Å². The van der Waals surface area contributed by atoms with E-state index < -0.39 is 0 Å². The van der Waals surface area contributed by atoms with Gasteiger partial charge in [0, 0.05) is 25.7 Å². The number of likely N-dealkylation sites (N-methyl/N-ethyl adjacent to an activating group) is 1. The first-order chi connectivity index (χ1) is 9.72. The van der Waals surface area contributed by atoms with Crippen LogP contribution in [-0.4, -0.2) is 67.6 Å². The van der Waals surface area contributed by atoms with Crippen LogP contribution in [0.15, 0.2) is 4.99 Å². The molecule has 6 heteroatoms. The van der Waals surface area contributed by atoms with Gasteiger partial charge in [-0.05, 0) is 51.4 Å². The second-order valence-corrected chi connectivity index (χ2v) is 6.08. The molecule has 0 bridgehead atoms. The summed E-state index contributed by atoms with van der Waals surface area (Å²) in [5.74, 6) is 1.32. The van der Waals surface area contributed by atoms with Gasteiger partial charge in [0.1, 0.15) is 0 Å². The molecule has 0 aliphatic carbocycles. The zero-order valence-corrected chi connectivity index (χ0v) is 15.9. The Morgan fingerprint density at radius 2 is 2.05 bits per heavy atom. The third-order valence-electron chi connectivity index (χ3n) is 4.76. The molecule has 0 aromatic heterocycles. The van der Waals surface area contributed by atoms with E-state index >= 15 is 0 Å². The van der Waals surface area contributed by atoms with E-state index in [-0.39, 0.29) is 24.0 Å². The fourth-order valence-corrected chi connectivity index (χ4v) is 3.40. The van der Waals surface area contributed by atoms with E-state index in [1.807, 2.05) is 0 Å². The second kappa shape index (κ2) is 9.84. The largest absolute Gasteiger partial charge is 0.370 e. The van der Waals surface area contributed by atoms with Gasteiger partial charge in [-0.1, -0.05) is 13.8 Å². The third kappa shape index (κ3) is 5.90. The van der Waals surface area contributed by atoms with Crippen molar-refractivity contribution in [3.8, 4) is 0 Å². The molecule has 0 saturated carbocycles. The van der Waals surface area contributed by atoms with Crippen molar-refractivity contribution in [2.75, 3.05) is 45.8 Å². The summed E-state index contributed by atoms with van der Waals surface area (Å²) < 4.78 is 0. The zero-order valence-electron chi connectivity index (χ0n) is 13.6. The van der Waals surface area contributed by atoms with E-state index in [1.165, 1.54) is 38.9 Å². The molecule has 0 aromatic rings. The second-order valence-electron chi connectivity index (χ2n) is 6.08. The Labute approximate surface area is 146 Å². The summed E-state index contributed by atoms with van der Waals surface area (Å²) in [4.78, 5) is 9.54. The maximum Gasteiger partial charge on any atom is 0.188 e. The molecular weight excluding hydrogens is 377 g/mol. The highest BCUT2D eigenvalue weighted by molar-refractivity contribution is 14.0. The molecule has 0 radical (unpaired) electrons. The number of nitrogens with zero attached hydrogens (tertiary/aromatic N) is 3. The highest BCUT2D eigenvalue weighted by Gasteiger charge is 2.23. The van der Waals surface area contributed by atoms with E-state index in [9.17, 15) is 0 Å². The number of nitrogens with one attached hydrogen (secondary N) is 1. The lowest BCUT2D eigenvalue weighted by Gasteiger charge is -2.23. The molecule has 3 N–H and O–H groups in total. The van der Waals surface area contributed by atoms with Crippen molar-refractivity contribution in [2.24, 2.45) is 16.6 Å². The average Bonchev–Trinajstić information content (AvgIpc) is 3.11. The van der Waals surface area contributed by atoms with Crippen molar-refractivity contribution in [1.82, 2.24) is 15.1 Å². The fraction of sp³-hybridized carbons (Fsp3) is 0.933. The molecule has 21 heavy (non-hydrogen) atoms. The van der Waals surface area contributed by atoms with E-state index in [2.05, 4.69) is 34.0 Å². The highest BCUT2D eigenvalue weighted by atomic mass is 127. The minimum atomic E-state index is 0. The molecule has 5 nitrogen and oxygen atoms in total. The van der Waals surface area contributed by atoms with Gasteiger partial charge in [-0.15, -0.1) is 24.0 Å². The van der Waals surface area contributed by atoms with Gasteiger partial charge in [0.25, 0.3) is 0 Å². The van der Waals surface area contributed by atoms with Gasteiger partial charge in [0.15, 0.2) is 5.96 Å². The summed E-state index contributed by atoms with van der Waals surface area (Å²) in [6.07, 6.45) is 3.85. The zero-order chi connectivity index (χ0) is 14.4. The Morgan fingerprint density at radius 3 is 2.71 bits per heavy atom. The van der Waals surface area contributed by atoms with E-state index in [1.54, 1.807) is 0 Å². The monoisotopic (exact) mass is 409 g/mol. The molecular formula is C15H32IN5. The number of halogens is 1. The molecule has 2 rings (SSSR count). The van der Waals surface area contributed by atoms with Crippen LogP contribution < -0.4 is 11.1 Å². The van der Waals surface area contributed by atoms with E-state index in [4.69, 9.17) is 5.73 Å². The molecule has 0 aromatic carbocycles. The number of rotatable bonds is 6. The lowest BCUT2D eigenvalue weighted by molar-refractivity contribution is 0.267. The van der Waals surface area contributed by atoms with Crippen LogP contribution in [0.25, 0.3) is 0 Å². The number of hydrogen-bond donors (Lipinski definition) is 2. The minimum absolute atomic E-state index is 0. The molecule has 2 unspecified atom stereocenters. The van der Waals surface area contributed by atoms with Crippen LogP contribution in [0, 0.1) is 5.92 Å². The van der Waals surface area contributed by atoms with Crippen molar-refractivity contribution >= 4 is 29.9 Å². The molecule has 2 atom stereocenters. The number of likely N-dealkylation sites (tertiary alicyclic amines) is 2. The first-order valence-corrected chi connectivity index (χ1v) is 8.23. The maximum absolute atomic E-state index is 5.99. The summed E-state index contributed by atoms with van der Waals surface area (Å²) in [7, 11) is 0. The molecule has 124 valence electrons. The first-order valence-electron chi connectivity index (χ1n) is 8.23. The Bertz CT molecular complexity index is 323. The van der Waals surface area contributed by atoms with Crippen molar-refractivity contribution < 1.29 is 0 Å². The summed E-state index contributed by atoms with van der Waals surface area (Å²) in [6.45, 7) is 12.2. The molecule has 2 aliphatic heterocycles. The van der Waals surface area contributed by atoms with Crippen LogP contribution in [-0.2, 0) is 0 Å². The van der Waals surface area contributed by atoms with Crippen LogP contribution in [0.5, 0.6) is 0 Å². The number of aliphatic imine (C=N–C) groups is 1. The van der Waals surface area contributed by atoms with Crippen LogP contribution in [0.1, 0.15) is 33.1 Å². The van der Waals surface area contributed by atoms with Crippen LogP contribution in [0.3, 0.4) is 0 Å². The summed E-state index contributed by atoms with van der Waals surface area (Å²) >= 11 is 0. The average molecular weight is 409 g/mol. The van der Waals surface area contributed by atoms with Crippen molar-refractivity contribution in [1.29, 1.82) is 0 Å². The number of nitrogens with two attached hydrogens (primary N) is 1. The Kier molecular flexibility index (Phi) is 8.89. The Balaban J connectivity index is 0.00000220. The highest BCUT2D eigenvalue weighted by Crippen LogP contribution is 2.16. The Morgan fingerprint density at radius 1 is 1.24 bits per heavy atom. The fourth-order valence-electron chi connectivity index (χ4n) is 3.40. The Hall–Kier alpha value is -0.0800. The molecule has 0 amide bonds. The summed E-state index contributed by atoms with van der Waals surface area (Å²) in [5, 5.41) is 3.31. The number of guanidine groups is 1. The molecule has 2 heterocycles. The summed E-state index contributed by atoms with van der Waals surface area (Å²) in [5.41, 5.74) is 5.99. The van der Waals surface area contributed by atoms with Crippen LogP contribution in [0.2, 0.25) is 0 Å². The summed E-state index contributed by atoms with van der Waals surface area (Å²) in [6, 6.07) is 0.635. The molecule has 2 saturated heterocycles. The smallest absolute Gasteiger partial charge is 0.188 e. The van der Waals surface area contributed by atoms with Crippen molar-refractivity contribution in [3.05, 3.63) is 0 Å². The minimum Gasteiger partial charge on any atom is -0.370 e. The topological polar surface area (TPSA) is 56.9 Å². The van der Waals surface area contributed by atoms with Gasteiger partial charge >= 0.3 is 0 Å². The molecule has 2 fully saturated rings. The standard InChI is InChI=1S/C15H31N5.HI/c1-3-19-9-7-13(12-19)10-17-15(16)18-11-14-6-5-8-20(14)4-2;/h13-14H,3-12H2,1-2H3,(H3,16,17,18);1H. The first kappa shape index (κ1) is 19.0. The van der Waals surface area contributed by atoms with Gasteiger partial charge < -0.3 is 16.0 Å². The van der Waals surface area contributed by atoms with Gasteiger partial charge in [-0.25, -0.2) is 0 Å². The lowest BCUT2D eigenvalue weighted by Crippen LogP contribution is -2.42. The normalized spacial score (nSPS) is 27.8.